The van der Waals surface area contributed by atoms with E-state index in [1.54, 1.807) is 18.4 Å². The Labute approximate surface area is 104 Å². The Morgan fingerprint density at radius 2 is 2.41 bits per heavy atom. The van der Waals surface area contributed by atoms with Gasteiger partial charge in [0, 0.05) is 25.2 Å². The fourth-order valence-corrected chi connectivity index (χ4v) is 2.10. The molecule has 2 rings (SSSR count). The Bertz CT molecular complexity index is 452. The lowest BCUT2D eigenvalue weighted by Crippen LogP contribution is -2.10. The summed E-state index contributed by atoms with van der Waals surface area (Å²) in [5, 5.41) is 5.32. The van der Waals surface area contributed by atoms with Crippen molar-refractivity contribution in [3.8, 4) is 0 Å². The summed E-state index contributed by atoms with van der Waals surface area (Å²) in [5.74, 6) is 0.868. The van der Waals surface area contributed by atoms with Crippen LogP contribution in [0.3, 0.4) is 0 Å². The summed E-state index contributed by atoms with van der Waals surface area (Å²) in [5.41, 5.74) is 3.87. The van der Waals surface area contributed by atoms with Crippen LogP contribution in [-0.4, -0.2) is 28.3 Å². The second kappa shape index (κ2) is 5.79. The van der Waals surface area contributed by atoms with E-state index in [1.807, 2.05) is 24.0 Å². The van der Waals surface area contributed by atoms with Crippen LogP contribution >= 0.6 is 11.3 Å². The van der Waals surface area contributed by atoms with Crippen molar-refractivity contribution < 1.29 is 4.74 Å². The molecule has 2 heterocycles. The third-order valence-corrected chi connectivity index (χ3v) is 2.98. The van der Waals surface area contributed by atoms with E-state index in [1.165, 1.54) is 0 Å². The first-order valence-corrected chi connectivity index (χ1v) is 6.37. The molecule has 0 saturated carbocycles. The van der Waals surface area contributed by atoms with E-state index < -0.39 is 0 Å². The molecule has 0 fully saturated rings. The maximum absolute atomic E-state index is 5.07. The van der Waals surface area contributed by atoms with Crippen molar-refractivity contribution in [3.05, 3.63) is 28.5 Å². The van der Waals surface area contributed by atoms with E-state index in [4.69, 9.17) is 4.74 Å². The first-order chi connectivity index (χ1) is 8.29. The van der Waals surface area contributed by atoms with E-state index >= 15 is 0 Å². The molecule has 0 spiro atoms. The van der Waals surface area contributed by atoms with Gasteiger partial charge in [0.2, 0.25) is 5.95 Å². The average Bonchev–Trinajstić information content (AvgIpc) is 2.93. The zero-order valence-corrected chi connectivity index (χ0v) is 10.8. The molecule has 0 aromatic carbocycles. The third kappa shape index (κ3) is 3.28. The highest BCUT2D eigenvalue weighted by Crippen LogP contribution is 2.10. The Balaban J connectivity index is 1.99. The van der Waals surface area contributed by atoms with Gasteiger partial charge in [0.15, 0.2) is 0 Å². The monoisotopic (exact) mass is 252 g/mol. The zero-order valence-electron chi connectivity index (χ0n) is 10.0. The van der Waals surface area contributed by atoms with Crippen LogP contribution in [0.15, 0.2) is 17.1 Å². The predicted octanol–water partition coefficient (Wildman–Crippen LogP) is 1.91. The Kier molecular flexibility index (Phi) is 4.11. The minimum Gasteiger partial charge on any atom is -0.383 e. The molecule has 0 aliphatic rings. The fraction of sp³-hybridized carbons (Fsp3) is 0.455. The van der Waals surface area contributed by atoms with Gasteiger partial charge in [-0.1, -0.05) is 0 Å². The zero-order chi connectivity index (χ0) is 12.1. The topological polar surface area (TPSA) is 52.0 Å². The maximum atomic E-state index is 5.07. The quantitative estimate of drug-likeness (QED) is 0.853. The van der Waals surface area contributed by atoms with Gasteiger partial charge >= 0.3 is 0 Å². The molecule has 2 aromatic rings. The van der Waals surface area contributed by atoms with E-state index in [0.717, 1.165) is 23.9 Å². The van der Waals surface area contributed by atoms with Crippen LogP contribution in [0.4, 0.5) is 5.95 Å². The summed E-state index contributed by atoms with van der Waals surface area (Å²) in [6.07, 6.45) is 2.02. The Morgan fingerprint density at radius 3 is 3.12 bits per heavy atom. The summed E-state index contributed by atoms with van der Waals surface area (Å²) in [6, 6.07) is 0. The van der Waals surface area contributed by atoms with Crippen LogP contribution in [0.1, 0.15) is 11.4 Å². The van der Waals surface area contributed by atoms with Crippen LogP contribution in [0.25, 0.3) is 0 Å². The molecule has 0 saturated heterocycles. The SMILES string of the molecule is COCCn1cc(C)nc1NCc1cscn1. The minimum absolute atomic E-state index is 0.682. The second-order valence-corrected chi connectivity index (χ2v) is 4.44. The van der Waals surface area contributed by atoms with Gasteiger partial charge in [0.05, 0.1) is 30.1 Å². The van der Waals surface area contributed by atoms with Gasteiger partial charge in [-0.05, 0) is 6.92 Å². The number of rotatable bonds is 6. The highest BCUT2D eigenvalue weighted by atomic mass is 32.1. The first kappa shape index (κ1) is 12.1. The normalized spacial score (nSPS) is 10.7. The number of anilines is 1. The van der Waals surface area contributed by atoms with Gasteiger partial charge < -0.3 is 14.6 Å². The molecule has 0 bridgehead atoms. The molecule has 92 valence electrons. The number of imidazole rings is 1. The standard InChI is InChI=1S/C11H16N4OS/c1-9-6-15(3-4-16-2)11(14-9)12-5-10-7-17-8-13-10/h6-8H,3-5H2,1-2H3,(H,12,14). The van der Waals surface area contributed by atoms with Crippen LogP contribution < -0.4 is 5.32 Å². The van der Waals surface area contributed by atoms with E-state index in [-0.39, 0.29) is 0 Å². The summed E-state index contributed by atoms with van der Waals surface area (Å²) in [7, 11) is 1.70. The van der Waals surface area contributed by atoms with Crippen molar-refractivity contribution >= 4 is 17.3 Å². The minimum atomic E-state index is 0.682. The van der Waals surface area contributed by atoms with Gasteiger partial charge in [-0.15, -0.1) is 11.3 Å². The average molecular weight is 252 g/mol. The molecule has 0 radical (unpaired) electrons. The lowest BCUT2D eigenvalue weighted by atomic mass is 10.5. The summed E-state index contributed by atoms with van der Waals surface area (Å²) < 4.78 is 7.13. The van der Waals surface area contributed by atoms with Crippen molar-refractivity contribution in [1.29, 1.82) is 0 Å². The van der Waals surface area contributed by atoms with Crippen molar-refractivity contribution in [2.24, 2.45) is 0 Å². The number of nitrogens with zero attached hydrogens (tertiary/aromatic N) is 3. The van der Waals surface area contributed by atoms with Crippen molar-refractivity contribution in [3.63, 3.8) is 0 Å². The molecule has 0 amide bonds. The van der Waals surface area contributed by atoms with E-state index in [9.17, 15) is 0 Å². The van der Waals surface area contributed by atoms with Crippen LogP contribution in [0.2, 0.25) is 0 Å². The molecule has 1 N–H and O–H groups in total. The number of ether oxygens (including phenoxy) is 1. The molecule has 6 heteroatoms. The van der Waals surface area contributed by atoms with E-state index in [2.05, 4.69) is 19.9 Å². The van der Waals surface area contributed by atoms with Crippen LogP contribution in [0.5, 0.6) is 0 Å². The Hall–Kier alpha value is -1.40. The van der Waals surface area contributed by atoms with Gasteiger partial charge in [-0.2, -0.15) is 0 Å². The number of hydrogen-bond donors (Lipinski definition) is 1. The van der Waals surface area contributed by atoms with Gasteiger partial charge in [-0.3, -0.25) is 0 Å². The molecule has 0 unspecified atom stereocenters. The first-order valence-electron chi connectivity index (χ1n) is 5.43. The summed E-state index contributed by atoms with van der Waals surface area (Å²) in [6.45, 7) is 4.17. The molecule has 17 heavy (non-hydrogen) atoms. The molecule has 2 aromatic heterocycles. The summed E-state index contributed by atoms with van der Waals surface area (Å²) in [4.78, 5) is 8.66. The highest BCUT2D eigenvalue weighted by Gasteiger charge is 2.05. The number of hydrogen-bond acceptors (Lipinski definition) is 5. The van der Waals surface area contributed by atoms with Crippen molar-refractivity contribution in [1.82, 2.24) is 14.5 Å². The molecule has 0 aliphatic heterocycles. The Morgan fingerprint density at radius 1 is 1.53 bits per heavy atom. The summed E-state index contributed by atoms with van der Waals surface area (Å²) >= 11 is 1.60. The molecular weight excluding hydrogens is 236 g/mol. The number of nitrogens with one attached hydrogen (secondary N) is 1. The van der Waals surface area contributed by atoms with Gasteiger partial charge in [-0.25, -0.2) is 9.97 Å². The van der Waals surface area contributed by atoms with Crippen molar-refractivity contribution in [2.75, 3.05) is 19.0 Å². The second-order valence-electron chi connectivity index (χ2n) is 3.73. The van der Waals surface area contributed by atoms with Crippen LogP contribution in [0, 0.1) is 6.92 Å². The predicted molar refractivity (Wildman–Crippen MR) is 68.3 cm³/mol. The smallest absolute Gasteiger partial charge is 0.203 e. The number of aromatic nitrogens is 3. The van der Waals surface area contributed by atoms with Gasteiger partial charge in [0.25, 0.3) is 0 Å². The lowest BCUT2D eigenvalue weighted by molar-refractivity contribution is 0.187. The van der Waals surface area contributed by atoms with E-state index in [0.29, 0.717) is 13.2 Å². The van der Waals surface area contributed by atoms with Gasteiger partial charge in [0.1, 0.15) is 0 Å². The van der Waals surface area contributed by atoms with Crippen LogP contribution in [-0.2, 0) is 17.8 Å². The molecular formula is C11H16N4OS. The number of methoxy groups -OCH3 is 1. The largest absolute Gasteiger partial charge is 0.383 e. The molecule has 0 atom stereocenters. The lowest BCUT2D eigenvalue weighted by Gasteiger charge is -2.07. The number of thiazole rings is 1. The number of aryl methyl sites for hydroxylation is 1. The molecule has 0 aliphatic carbocycles. The highest BCUT2D eigenvalue weighted by molar-refractivity contribution is 7.07. The molecule has 5 nitrogen and oxygen atoms in total. The van der Waals surface area contributed by atoms with Crippen molar-refractivity contribution in [2.45, 2.75) is 20.0 Å². The fourth-order valence-electron chi connectivity index (χ4n) is 1.54. The maximum Gasteiger partial charge on any atom is 0.203 e. The third-order valence-electron chi connectivity index (χ3n) is 2.34.